The third-order valence-electron chi connectivity index (χ3n) is 2.47. The van der Waals surface area contributed by atoms with Crippen molar-refractivity contribution in [3.8, 4) is 5.75 Å². The van der Waals surface area contributed by atoms with Gasteiger partial charge in [0.25, 0.3) is 6.47 Å². The largest absolute Gasteiger partial charge is 0.429 e. The van der Waals surface area contributed by atoms with Crippen LogP contribution in [-0.4, -0.2) is 18.0 Å². The minimum Gasteiger partial charge on any atom is -0.429 e. The van der Waals surface area contributed by atoms with Gasteiger partial charge in [-0.25, -0.2) is 0 Å². The molecule has 0 spiro atoms. The summed E-state index contributed by atoms with van der Waals surface area (Å²) in [6.07, 6.45) is 0. The van der Waals surface area contributed by atoms with Crippen LogP contribution in [0.2, 0.25) is 0 Å². The van der Waals surface area contributed by atoms with E-state index in [1.54, 1.807) is 12.1 Å². The average Bonchev–Trinajstić information content (AvgIpc) is 2.47. The van der Waals surface area contributed by atoms with Crippen molar-refractivity contribution in [3.05, 3.63) is 60.2 Å². The molecule has 0 radical (unpaired) electrons. The van der Waals surface area contributed by atoms with E-state index in [1.807, 2.05) is 42.5 Å². The number of carbonyl (C=O) groups excluding carboxylic acids is 2. The Labute approximate surface area is 115 Å². The Kier molecular flexibility index (Phi) is 4.75. The number of Topliss-reactive ketones (excluding diaryl/α,β-unsaturated/α-hetero) is 1. The van der Waals surface area contributed by atoms with Crippen LogP contribution in [0.15, 0.2) is 59.5 Å². The molecule has 0 saturated carbocycles. The van der Waals surface area contributed by atoms with Crippen molar-refractivity contribution in [3.63, 3.8) is 0 Å². The lowest BCUT2D eigenvalue weighted by atomic mass is 10.2. The first-order valence-corrected chi connectivity index (χ1v) is 6.69. The Morgan fingerprint density at radius 3 is 2.37 bits per heavy atom. The predicted octanol–water partition coefficient (Wildman–Crippen LogP) is 3.20. The van der Waals surface area contributed by atoms with Crippen LogP contribution in [0.1, 0.15) is 10.4 Å². The summed E-state index contributed by atoms with van der Waals surface area (Å²) in [6.45, 7) is 0.390. The molecule has 2 aromatic carbocycles. The number of rotatable bonds is 6. The molecule has 96 valence electrons. The minimum atomic E-state index is 0.0961. The monoisotopic (exact) mass is 272 g/mol. The Morgan fingerprint density at radius 1 is 1.05 bits per heavy atom. The Bertz CT molecular complexity index is 549. The van der Waals surface area contributed by atoms with Gasteiger partial charge in [-0.1, -0.05) is 30.3 Å². The normalized spacial score (nSPS) is 9.89. The Hall–Kier alpha value is -2.07. The molecule has 0 N–H and O–H groups in total. The van der Waals surface area contributed by atoms with Crippen LogP contribution >= 0.6 is 11.8 Å². The van der Waals surface area contributed by atoms with E-state index in [0.717, 1.165) is 10.5 Å². The highest BCUT2D eigenvalue weighted by Crippen LogP contribution is 2.22. The molecule has 0 atom stereocenters. The summed E-state index contributed by atoms with van der Waals surface area (Å²) in [6, 6.07) is 16.2. The maximum absolute atomic E-state index is 11.9. The molecule has 0 amide bonds. The molecule has 3 nitrogen and oxygen atoms in total. The van der Waals surface area contributed by atoms with E-state index in [0.29, 0.717) is 18.0 Å². The number of hydrogen-bond donors (Lipinski definition) is 0. The molecule has 19 heavy (non-hydrogen) atoms. The third kappa shape index (κ3) is 3.96. The van der Waals surface area contributed by atoms with Gasteiger partial charge in [0.05, 0.1) is 5.75 Å². The van der Waals surface area contributed by atoms with Crippen LogP contribution in [0.3, 0.4) is 0 Å². The Morgan fingerprint density at radius 2 is 1.74 bits per heavy atom. The summed E-state index contributed by atoms with van der Waals surface area (Å²) < 4.78 is 4.70. The maximum atomic E-state index is 11.9. The van der Waals surface area contributed by atoms with E-state index in [1.165, 1.54) is 11.8 Å². The zero-order valence-electron chi connectivity index (χ0n) is 10.1. The third-order valence-corrected chi connectivity index (χ3v) is 3.49. The highest BCUT2D eigenvalue weighted by Gasteiger charge is 2.05. The summed E-state index contributed by atoms with van der Waals surface area (Å²) in [5.74, 6) is 0.977. The molecule has 0 aliphatic rings. The van der Waals surface area contributed by atoms with Gasteiger partial charge in [-0.15, -0.1) is 11.8 Å². The van der Waals surface area contributed by atoms with Crippen molar-refractivity contribution in [2.24, 2.45) is 0 Å². The zero-order chi connectivity index (χ0) is 13.5. The highest BCUT2D eigenvalue weighted by atomic mass is 32.2. The molecular formula is C15H12O3S. The van der Waals surface area contributed by atoms with Crippen LogP contribution in [0.4, 0.5) is 0 Å². The molecule has 4 heteroatoms. The van der Waals surface area contributed by atoms with E-state index >= 15 is 0 Å². The predicted molar refractivity (Wildman–Crippen MR) is 74.6 cm³/mol. The van der Waals surface area contributed by atoms with Gasteiger partial charge in [0.1, 0.15) is 5.75 Å². The number of thioether (sulfide) groups is 1. The smallest absolute Gasteiger partial charge is 0.298 e. The SMILES string of the molecule is O=COc1ccc(SCC(=O)c2ccccc2)cc1. The van der Waals surface area contributed by atoms with Gasteiger partial charge in [0.15, 0.2) is 5.78 Å². The van der Waals surface area contributed by atoms with Gasteiger partial charge in [0.2, 0.25) is 0 Å². The highest BCUT2D eigenvalue weighted by molar-refractivity contribution is 8.00. The second-order valence-electron chi connectivity index (χ2n) is 3.76. The number of ether oxygens (including phenoxy) is 1. The second kappa shape index (κ2) is 6.75. The number of hydrogen-bond acceptors (Lipinski definition) is 4. The van der Waals surface area contributed by atoms with E-state index in [9.17, 15) is 9.59 Å². The summed E-state index contributed by atoms with van der Waals surface area (Å²) in [5.41, 5.74) is 0.718. The van der Waals surface area contributed by atoms with Gasteiger partial charge in [-0.3, -0.25) is 9.59 Å². The van der Waals surface area contributed by atoms with Crippen molar-refractivity contribution in [1.82, 2.24) is 0 Å². The van der Waals surface area contributed by atoms with Crippen molar-refractivity contribution in [1.29, 1.82) is 0 Å². The van der Waals surface area contributed by atoms with E-state index in [4.69, 9.17) is 4.74 Å². The topological polar surface area (TPSA) is 43.4 Å². The molecule has 2 aromatic rings. The van der Waals surface area contributed by atoms with Gasteiger partial charge in [-0.2, -0.15) is 0 Å². The molecule has 0 aliphatic heterocycles. The lowest BCUT2D eigenvalue weighted by Crippen LogP contribution is -2.01. The second-order valence-corrected chi connectivity index (χ2v) is 4.81. The van der Waals surface area contributed by atoms with Crippen LogP contribution in [-0.2, 0) is 4.79 Å². The molecule has 0 aliphatic carbocycles. The first-order valence-electron chi connectivity index (χ1n) is 5.71. The first-order chi connectivity index (χ1) is 9.29. The standard InChI is InChI=1S/C15H12O3S/c16-11-18-13-6-8-14(9-7-13)19-10-15(17)12-4-2-1-3-5-12/h1-9,11H,10H2. The summed E-state index contributed by atoms with van der Waals surface area (Å²) in [4.78, 5) is 23.0. The lowest BCUT2D eigenvalue weighted by Gasteiger charge is -2.03. The van der Waals surface area contributed by atoms with Gasteiger partial charge in [0, 0.05) is 10.5 Å². The van der Waals surface area contributed by atoms with Crippen LogP contribution in [0, 0.1) is 0 Å². The summed E-state index contributed by atoms with van der Waals surface area (Å²) in [7, 11) is 0. The molecule has 0 heterocycles. The van der Waals surface area contributed by atoms with E-state index in [-0.39, 0.29) is 5.78 Å². The van der Waals surface area contributed by atoms with Crippen molar-refractivity contribution in [2.45, 2.75) is 4.90 Å². The molecule has 2 rings (SSSR count). The quantitative estimate of drug-likeness (QED) is 0.460. The van der Waals surface area contributed by atoms with Gasteiger partial charge >= 0.3 is 0 Å². The molecule has 0 bridgehead atoms. The number of carbonyl (C=O) groups is 2. The first kappa shape index (κ1) is 13.4. The van der Waals surface area contributed by atoms with Gasteiger partial charge < -0.3 is 4.74 Å². The molecule has 0 aromatic heterocycles. The summed E-state index contributed by atoms with van der Waals surface area (Å²) >= 11 is 1.46. The van der Waals surface area contributed by atoms with Crippen molar-refractivity contribution >= 4 is 24.0 Å². The molecule has 0 unspecified atom stereocenters. The van der Waals surface area contributed by atoms with E-state index < -0.39 is 0 Å². The average molecular weight is 272 g/mol. The minimum absolute atomic E-state index is 0.0961. The van der Waals surface area contributed by atoms with Crippen LogP contribution in [0.25, 0.3) is 0 Å². The fraction of sp³-hybridized carbons (Fsp3) is 0.0667. The van der Waals surface area contributed by atoms with Crippen LogP contribution < -0.4 is 4.74 Å². The van der Waals surface area contributed by atoms with E-state index in [2.05, 4.69) is 0 Å². The fourth-order valence-electron chi connectivity index (χ4n) is 1.53. The van der Waals surface area contributed by atoms with Crippen LogP contribution in [0.5, 0.6) is 5.75 Å². The van der Waals surface area contributed by atoms with Crippen molar-refractivity contribution < 1.29 is 14.3 Å². The molecule has 0 fully saturated rings. The zero-order valence-corrected chi connectivity index (χ0v) is 10.9. The van der Waals surface area contributed by atoms with Crippen molar-refractivity contribution in [2.75, 3.05) is 5.75 Å². The van der Waals surface area contributed by atoms with Gasteiger partial charge in [-0.05, 0) is 24.3 Å². The lowest BCUT2D eigenvalue weighted by molar-refractivity contribution is -0.120. The molecular weight excluding hydrogens is 260 g/mol. The fourth-order valence-corrected chi connectivity index (χ4v) is 2.32. The Balaban J connectivity index is 1.92. The number of benzene rings is 2. The maximum Gasteiger partial charge on any atom is 0.298 e. The summed E-state index contributed by atoms with van der Waals surface area (Å²) in [5, 5.41) is 0. The number of ketones is 1. The molecule has 0 saturated heterocycles.